The molecule has 3 N–H and O–H groups in total. The third-order valence-electron chi connectivity index (χ3n) is 6.96. The Bertz CT molecular complexity index is 1570. The molecule has 0 fully saturated rings. The third-order valence-corrected chi connectivity index (χ3v) is 6.96. The van der Waals surface area contributed by atoms with Gasteiger partial charge in [-0.3, -0.25) is 9.79 Å². The van der Waals surface area contributed by atoms with Gasteiger partial charge in [0.2, 0.25) is 0 Å². The molecule has 5 nitrogen and oxygen atoms in total. The van der Waals surface area contributed by atoms with E-state index in [2.05, 4.69) is 15.6 Å². The lowest BCUT2D eigenvalue weighted by Crippen LogP contribution is -2.34. The average molecular weight is 544 g/mol. The maximum atomic E-state index is 14.9. The number of hydrogen-bond acceptors (Lipinski definition) is 3. The van der Waals surface area contributed by atoms with Gasteiger partial charge >= 0.3 is 0 Å². The number of halogens is 3. The zero-order valence-corrected chi connectivity index (χ0v) is 21.8. The lowest BCUT2D eigenvalue weighted by atomic mass is 10.0. The number of hydrogen-bond donors (Lipinski definition) is 3. The number of nitrogens with one attached hydrogen (secondary N) is 2. The Morgan fingerprint density at radius 3 is 2.45 bits per heavy atom. The van der Waals surface area contributed by atoms with Gasteiger partial charge in [0.15, 0.2) is 11.6 Å². The molecule has 204 valence electrons. The first kappa shape index (κ1) is 27.1. The Kier molecular flexibility index (Phi) is 7.98. The highest BCUT2D eigenvalue weighted by Crippen LogP contribution is 2.34. The van der Waals surface area contributed by atoms with E-state index in [4.69, 9.17) is 0 Å². The number of amidine groups is 1. The monoisotopic (exact) mass is 543 g/mol. The summed E-state index contributed by atoms with van der Waals surface area (Å²) in [6, 6.07) is 22.5. The Balaban J connectivity index is 1.25. The minimum atomic E-state index is -0.884. The van der Waals surface area contributed by atoms with E-state index in [0.717, 1.165) is 28.8 Å². The summed E-state index contributed by atoms with van der Waals surface area (Å²) in [5.74, 6) is -2.40. The van der Waals surface area contributed by atoms with Crippen molar-refractivity contribution in [1.29, 1.82) is 0 Å². The van der Waals surface area contributed by atoms with Crippen molar-refractivity contribution in [3.8, 4) is 11.1 Å². The van der Waals surface area contributed by atoms with E-state index in [0.29, 0.717) is 42.0 Å². The predicted molar refractivity (Wildman–Crippen MR) is 150 cm³/mol. The number of carbonyl (C=O) groups is 1. The van der Waals surface area contributed by atoms with Gasteiger partial charge < -0.3 is 15.7 Å². The Hall–Kier alpha value is -4.43. The summed E-state index contributed by atoms with van der Waals surface area (Å²) in [6.45, 7) is 2.16. The molecular weight excluding hydrogens is 515 g/mol. The van der Waals surface area contributed by atoms with E-state index in [-0.39, 0.29) is 5.56 Å². The van der Waals surface area contributed by atoms with Crippen LogP contribution in [0, 0.1) is 17.5 Å². The summed E-state index contributed by atoms with van der Waals surface area (Å²) in [6.07, 6.45) is -0.0485. The van der Waals surface area contributed by atoms with Gasteiger partial charge in [-0.1, -0.05) is 48.5 Å². The topological polar surface area (TPSA) is 73.7 Å². The van der Waals surface area contributed by atoms with Gasteiger partial charge in [-0.25, -0.2) is 13.2 Å². The van der Waals surface area contributed by atoms with Gasteiger partial charge in [-0.2, -0.15) is 0 Å². The molecule has 2 atom stereocenters. The smallest absolute Gasteiger partial charge is 0.254 e. The number of amides is 1. The standard InChI is InChI=1S/C32H28F3N3O2/c1-19(36-14-13-20-7-12-27(33)29(35)15-20)37-24-10-8-23-17-30(39)31(26(23)18-24)38-32(40)25-11-9-22(16-28(25)34)21-5-3-2-4-6-21/h2-12,15-16,18,30-31,39H,13-14,17H2,1H3,(H,36,37)(H,38,40)/t30-,31-/m1/s1. The largest absolute Gasteiger partial charge is 0.390 e. The van der Waals surface area contributed by atoms with Gasteiger partial charge in [0, 0.05) is 18.7 Å². The normalized spacial score (nSPS) is 16.5. The molecule has 8 heteroatoms. The van der Waals surface area contributed by atoms with E-state index in [1.807, 2.05) is 48.5 Å². The Labute approximate surface area is 230 Å². The van der Waals surface area contributed by atoms with E-state index in [1.54, 1.807) is 13.0 Å². The first-order valence-electron chi connectivity index (χ1n) is 13.0. The SMILES string of the molecule is CC(=NCCc1ccc(F)c(F)c1)Nc1ccc2c(c1)[C@@H](NC(=O)c1ccc(-c3ccccc3)cc1F)[C@H](O)C2. The van der Waals surface area contributed by atoms with E-state index >= 15 is 0 Å². The molecule has 5 rings (SSSR count). The number of rotatable bonds is 7. The quantitative estimate of drug-likeness (QED) is 0.191. The molecular formula is C32H28F3N3O2. The van der Waals surface area contributed by atoms with Gasteiger partial charge in [-0.05, 0) is 77.6 Å². The zero-order chi connectivity index (χ0) is 28.2. The Morgan fingerprint density at radius 1 is 0.900 bits per heavy atom. The van der Waals surface area contributed by atoms with Crippen LogP contribution in [0.25, 0.3) is 11.1 Å². The Morgan fingerprint density at radius 2 is 1.70 bits per heavy atom. The summed E-state index contributed by atoms with van der Waals surface area (Å²) < 4.78 is 41.5. The van der Waals surface area contributed by atoms with Crippen LogP contribution in [0.2, 0.25) is 0 Å². The van der Waals surface area contributed by atoms with Crippen molar-refractivity contribution in [2.24, 2.45) is 4.99 Å². The van der Waals surface area contributed by atoms with Crippen LogP contribution in [0.5, 0.6) is 0 Å². The van der Waals surface area contributed by atoms with Crippen LogP contribution in [-0.4, -0.2) is 29.5 Å². The van der Waals surface area contributed by atoms with Gasteiger partial charge in [-0.15, -0.1) is 0 Å². The van der Waals surface area contributed by atoms with Crippen molar-refractivity contribution in [1.82, 2.24) is 5.32 Å². The van der Waals surface area contributed by atoms with Crippen LogP contribution >= 0.6 is 0 Å². The molecule has 0 heterocycles. The van der Waals surface area contributed by atoms with Crippen molar-refractivity contribution in [2.45, 2.75) is 31.9 Å². The fourth-order valence-corrected chi connectivity index (χ4v) is 4.90. The summed E-state index contributed by atoms with van der Waals surface area (Å²) >= 11 is 0. The van der Waals surface area contributed by atoms with Crippen LogP contribution in [0.3, 0.4) is 0 Å². The van der Waals surface area contributed by atoms with Gasteiger partial charge in [0.1, 0.15) is 5.82 Å². The molecule has 0 saturated heterocycles. The van der Waals surface area contributed by atoms with Crippen molar-refractivity contribution < 1.29 is 23.1 Å². The molecule has 0 bridgehead atoms. The number of benzene rings is 4. The van der Waals surface area contributed by atoms with E-state index < -0.39 is 35.5 Å². The summed E-state index contributed by atoms with van der Waals surface area (Å²) in [5, 5.41) is 16.7. The highest BCUT2D eigenvalue weighted by atomic mass is 19.2. The summed E-state index contributed by atoms with van der Waals surface area (Å²) in [5.41, 5.74) is 4.39. The molecule has 0 aromatic heterocycles. The number of carbonyl (C=O) groups excluding carboxylic acids is 1. The third kappa shape index (κ3) is 6.07. The first-order valence-corrected chi connectivity index (χ1v) is 13.0. The lowest BCUT2D eigenvalue weighted by molar-refractivity contribution is 0.0854. The minimum Gasteiger partial charge on any atom is -0.390 e. The minimum absolute atomic E-state index is 0.0985. The lowest BCUT2D eigenvalue weighted by Gasteiger charge is -2.19. The van der Waals surface area contributed by atoms with Gasteiger partial charge in [0.25, 0.3) is 5.91 Å². The van der Waals surface area contributed by atoms with E-state index in [1.165, 1.54) is 18.2 Å². The second kappa shape index (κ2) is 11.8. The zero-order valence-electron chi connectivity index (χ0n) is 21.8. The molecule has 1 amide bonds. The van der Waals surface area contributed by atoms with Crippen LogP contribution in [-0.2, 0) is 12.8 Å². The molecule has 40 heavy (non-hydrogen) atoms. The number of aliphatic hydroxyl groups excluding tert-OH is 1. The van der Waals surface area contributed by atoms with Crippen molar-refractivity contribution in [2.75, 3.05) is 11.9 Å². The fraction of sp³-hybridized carbons (Fsp3) is 0.188. The second-order valence-corrected chi connectivity index (χ2v) is 9.79. The number of aliphatic hydroxyl groups is 1. The molecule has 4 aromatic carbocycles. The highest BCUT2D eigenvalue weighted by Gasteiger charge is 2.33. The molecule has 0 spiro atoms. The predicted octanol–water partition coefficient (Wildman–Crippen LogP) is 6.23. The van der Waals surface area contributed by atoms with Crippen LogP contribution in [0.4, 0.5) is 18.9 Å². The molecule has 0 unspecified atom stereocenters. The molecule has 0 radical (unpaired) electrons. The number of anilines is 1. The number of nitrogens with zero attached hydrogens (tertiary/aromatic N) is 1. The second-order valence-electron chi connectivity index (χ2n) is 9.79. The molecule has 0 saturated carbocycles. The number of aliphatic imine (C=N–C) groups is 1. The molecule has 1 aliphatic rings. The van der Waals surface area contributed by atoms with Crippen LogP contribution in [0.15, 0.2) is 89.9 Å². The maximum Gasteiger partial charge on any atom is 0.254 e. The first-order chi connectivity index (χ1) is 19.3. The van der Waals surface area contributed by atoms with Crippen LogP contribution in [0.1, 0.15) is 40.0 Å². The van der Waals surface area contributed by atoms with Crippen molar-refractivity contribution in [3.63, 3.8) is 0 Å². The molecule has 0 aliphatic heterocycles. The van der Waals surface area contributed by atoms with Crippen molar-refractivity contribution >= 4 is 17.4 Å². The van der Waals surface area contributed by atoms with Crippen LogP contribution < -0.4 is 10.6 Å². The molecule has 4 aromatic rings. The van der Waals surface area contributed by atoms with Gasteiger partial charge in [0.05, 0.1) is 23.5 Å². The highest BCUT2D eigenvalue weighted by molar-refractivity contribution is 5.96. The van der Waals surface area contributed by atoms with Crippen molar-refractivity contribution in [3.05, 3.63) is 125 Å². The maximum absolute atomic E-state index is 14.9. The summed E-state index contributed by atoms with van der Waals surface area (Å²) in [4.78, 5) is 17.5. The van der Waals surface area contributed by atoms with E-state index in [9.17, 15) is 23.1 Å². The fourth-order valence-electron chi connectivity index (χ4n) is 4.90. The molecule has 1 aliphatic carbocycles. The summed E-state index contributed by atoms with van der Waals surface area (Å²) in [7, 11) is 0. The number of fused-ring (bicyclic) bond motifs is 1. The average Bonchev–Trinajstić information content (AvgIpc) is 3.25.